The van der Waals surface area contributed by atoms with Crippen LogP contribution in [0.4, 0.5) is 17.1 Å². The van der Waals surface area contributed by atoms with E-state index in [-0.39, 0.29) is 5.41 Å². The molecule has 0 spiro atoms. The van der Waals surface area contributed by atoms with Gasteiger partial charge in [-0.1, -0.05) is 208 Å². The van der Waals surface area contributed by atoms with Gasteiger partial charge < -0.3 is 9.47 Å². The Labute approximate surface area is 398 Å². The molecule has 0 radical (unpaired) electrons. The van der Waals surface area contributed by atoms with E-state index in [1.807, 2.05) is 0 Å². The Hall–Kier alpha value is -8.46. The van der Waals surface area contributed by atoms with Gasteiger partial charge in [0.05, 0.1) is 16.6 Å². The summed E-state index contributed by atoms with van der Waals surface area (Å²) in [6.07, 6.45) is 0. The highest BCUT2D eigenvalue weighted by atomic mass is 15.1. The number of nitrogens with zero attached hydrogens (tertiary/aromatic N) is 2. The van der Waals surface area contributed by atoms with Crippen LogP contribution in [0.15, 0.2) is 255 Å². The lowest BCUT2D eigenvalue weighted by Gasteiger charge is -2.34. The molecule has 0 saturated heterocycles. The summed E-state index contributed by atoms with van der Waals surface area (Å²) in [5.74, 6) is 0. The SMILES string of the molecule is CC1(C)c2ccccc2-c2ccc(N(c3ccc(-c4ccccc4)cc3)c3ccc(-c4ccc5c(c4)c4c(n5-c5ccccc5)C(c5ccccc5)(c5ccccc5)c5ccccc5-4)cc3)cc21. The van der Waals surface area contributed by atoms with E-state index in [9.17, 15) is 0 Å². The van der Waals surface area contributed by atoms with Crippen LogP contribution >= 0.6 is 0 Å². The number of anilines is 3. The molecular formula is C66H48N2. The van der Waals surface area contributed by atoms with Gasteiger partial charge >= 0.3 is 0 Å². The van der Waals surface area contributed by atoms with Crippen molar-refractivity contribution in [3.05, 3.63) is 288 Å². The normalized spacial score (nSPS) is 13.7. The number of rotatable bonds is 8. The first-order valence-electron chi connectivity index (χ1n) is 23.8. The van der Waals surface area contributed by atoms with Crippen molar-refractivity contribution in [1.82, 2.24) is 4.57 Å². The van der Waals surface area contributed by atoms with Gasteiger partial charge in [-0.05, 0) is 127 Å². The highest BCUT2D eigenvalue weighted by Crippen LogP contribution is 2.60. The molecule has 13 rings (SSSR count). The predicted octanol–water partition coefficient (Wildman–Crippen LogP) is 17.1. The Morgan fingerprint density at radius 1 is 0.353 bits per heavy atom. The van der Waals surface area contributed by atoms with Crippen LogP contribution in [0.25, 0.3) is 61.1 Å². The van der Waals surface area contributed by atoms with E-state index >= 15 is 0 Å². The van der Waals surface area contributed by atoms with Crippen LogP contribution in [0.3, 0.4) is 0 Å². The van der Waals surface area contributed by atoms with Crippen LogP contribution in [0.5, 0.6) is 0 Å². The zero-order valence-electron chi connectivity index (χ0n) is 38.1. The maximum absolute atomic E-state index is 2.54. The molecule has 2 heteroatoms. The highest BCUT2D eigenvalue weighted by Gasteiger charge is 2.50. The summed E-state index contributed by atoms with van der Waals surface area (Å²) in [5.41, 5.74) is 22.8. The second-order valence-corrected chi connectivity index (χ2v) is 18.8. The van der Waals surface area contributed by atoms with Crippen LogP contribution in [0.2, 0.25) is 0 Å². The minimum absolute atomic E-state index is 0.116. The molecule has 0 atom stereocenters. The molecule has 0 bridgehead atoms. The maximum Gasteiger partial charge on any atom is 0.0870 e. The minimum atomic E-state index is -0.552. The molecule has 11 aromatic rings. The first kappa shape index (κ1) is 39.9. The summed E-state index contributed by atoms with van der Waals surface area (Å²) in [4.78, 5) is 2.41. The first-order valence-corrected chi connectivity index (χ1v) is 23.8. The Morgan fingerprint density at radius 3 is 1.46 bits per heavy atom. The van der Waals surface area contributed by atoms with Gasteiger partial charge in [-0.3, -0.25) is 0 Å². The topological polar surface area (TPSA) is 8.17 Å². The summed E-state index contributed by atoms with van der Waals surface area (Å²) in [6, 6.07) is 94.1. The quantitative estimate of drug-likeness (QED) is 0.148. The Morgan fingerprint density at radius 2 is 0.824 bits per heavy atom. The van der Waals surface area contributed by atoms with Crippen molar-refractivity contribution in [2.75, 3.05) is 4.90 Å². The van der Waals surface area contributed by atoms with Crippen LogP contribution in [-0.4, -0.2) is 4.57 Å². The molecule has 2 nitrogen and oxygen atoms in total. The fourth-order valence-electron chi connectivity index (χ4n) is 11.7. The maximum atomic E-state index is 2.54. The van der Waals surface area contributed by atoms with E-state index in [2.05, 4.69) is 278 Å². The molecule has 68 heavy (non-hydrogen) atoms. The molecule has 2 aliphatic rings. The zero-order chi connectivity index (χ0) is 45.4. The summed E-state index contributed by atoms with van der Waals surface area (Å²) in [7, 11) is 0. The van der Waals surface area contributed by atoms with E-state index in [1.165, 1.54) is 88.9 Å². The zero-order valence-corrected chi connectivity index (χ0v) is 38.1. The van der Waals surface area contributed by atoms with Crippen LogP contribution in [0, 0.1) is 0 Å². The van der Waals surface area contributed by atoms with Crippen molar-refractivity contribution in [3.63, 3.8) is 0 Å². The van der Waals surface area contributed by atoms with Crippen molar-refractivity contribution >= 4 is 28.0 Å². The average molecular weight is 869 g/mol. The van der Waals surface area contributed by atoms with Gasteiger partial charge in [-0.2, -0.15) is 0 Å². The molecule has 1 heterocycles. The summed E-state index contributed by atoms with van der Waals surface area (Å²) in [5, 5.41) is 1.24. The third-order valence-electron chi connectivity index (χ3n) is 14.9. The third kappa shape index (κ3) is 5.97. The van der Waals surface area contributed by atoms with Crippen molar-refractivity contribution in [3.8, 4) is 50.2 Å². The number of hydrogen-bond donors (Lipinski definition) is 0. The van der Waals surface area contributed by atoms with Crippen LogP contribution < -0.4 is 4.90 Å². The molecule has 10 aromatic carbocycles. The van der Waals surface area contributed by atoms with Crippen LogP contribution in [-0.2, 0) is 10.8 Å². The van der Waals surface area contributed by atoms with E-state index in [4.69, 9.17) is 0 Å². The fourth-order valence-corrected chi connectivity index (χ4v) is 11.7. The Balaban J connectivity index is 0.973. The van der Waals surface area contributed by atoms with Gasteiger partial charge in [-0.25, -0.2) is 0 Å². The van der Waals surface area contributed by atoms with Gasteiger partial charge in [0.2, 0.25) is 0 Å². The number of hydrogen-bond acceptors (Lipinski definition) is 1. The summed E-state index contributed by atoms with van der Waals surface area (Å²) in [6.45, 7) is 4.72. The molecule has 0 fully saturated rings. The standard InChI is InChI=1S/C66H48N2/c1-65(2)59-29-17-15-27-55(59)56-41-40-54(44-61(56)65)67(52-36-31-46(32-37-52)45-19-7-3-8-20-45)53-38-33-47(34-39-53)48-35-42-62-58(43-48)63-57-28-16-18-30-60(57)66(49-21-9-4-10-22-49,50-23-11-5-12-24-50)64(63)68(62)51-25-13-6-14-26-51/h3-44H,1-2H3. The van der Waals surface area contributed by atoms with Crippen LogP contribution in [0.1, 0.15) is 47.4 Å². The number of benzene rings is 10. The third-order valence-corrected chi connectivity index (χ3v) is 14.9. The van der Waals surface area contributed by atoms with Gasteiger partial charge in [0, 0.05) is 39.1 Å². The summed E-state index contributed by atoms with van der Waals surface area (Å²) >= 11 is 0. The van der Waals surface area contributed by atoms with E-state index < -0.39 is 5.41 Å². The molecule has 0 saturated carbocycles. The molecule has 0 unspecified atom stereocenters. The van der Waals surface area contributed by atoms with E-state index in [1.54, 1.807) is 0 Å². The Kier molecular flexibility index (Phi) is 9.13. The molecule has 0 aliphatic heterocycles. The largest absolute Gasteiger partial charge is 0.311 e. The van der Waals surface area contributed by atoms with E-state index in [0.717, 1.165) is 22.7 Å². The van der Waals surface area contributed by atoms with E-state index in [0.29, 0.717) is 0 Å². The lowest BCUT2D eigenvalue weighted by Crippen LogP contribution is -2.31. The van der Waals surface area contributed by atoms with Crippen molar-refractivity contribution < 1.29 is 0 Å². The molecule has 0 N–H and O–H groups in total. The number of para-hydroxylation sites is 1. The lowest BCUT2D eigenvalue weighted by molar-refractivity contribution is 0.660. The van der Waals surface area contributed by atoms with Crippen molar-refractivity contribution in [1.29, 1.82) is 0 Å². The minimum Gasteiger partial charge on any atom is -0.311 e. The molecule has 1 aromatic heterocycles. The second-order valence-electron chi connectivity index (χ2n) is 18.8. The molecular weight excluding hydrogens is 821 g/mol. The number of aromatic nitrogens is 1. The molecule has 322 valence electrons. The van der Waals surface area contributed by atoms with Gasteiger partial charge in [-0.15, -0.1) is 0 Å². The lowest BCUT2D eigenvalue weighted by atomic mass is 9.69. The highest BCUT2D eigenvalue weighted by molar-refractivity contribution is 6.06. The fraction of sp³-hybridized carbons (Fsp3) is 0.0606. The van der Waals surface area contributed by atoms with Gasteiger partial charge in [0.1, 0.15) is 0 Å². The summed E-state index contributed by atoms with van der Waals surface area (Å²) < 4.78 is 2.54. The van der Waals surface area contributed by atoms with Gasteiger partial charge in [0.15, 0.2) is 0 Å². The predicted molar refractivity (Wildman–Crippen MR) is 284 cm³/mol. The smallest absolute Gasteiger partial charge is 0.0870 e. The van der Waals surface area contributed by atoms with Crippen molar-refractivity contribution in [2.24, 2.45) is 0 Å². The monoisotopic (exact) mass is 868 g/mol. The molecule has 0 amide bonds. The van der Waals surface area contributed by atoms with Gasteiger partial charge in [0.25, 0.3) is 0 Å². The Bertz CT molecular complexity index is 3620. The first-order chi connectivity index (χ1) is 33.5. The molecule has 2 aliphatic carbocycles. The van der Waals surface area contributed by atoms with Crippen molar-refractivity contribution in [2.45, 2.75) is 24.7 Å². The second kappa shape index (κ2) is 15.6. The number of fused-ring (bicyclic) bond motifs is 8. The average Bonchev–Trinajstić information content (AvgIpc) is 3.99.